The van der Waals surface area contributed by atoms with Gasteiger partial charge in [0.1, 0.15) is 0 Å². The first-order valence-corrected chi connectivity index (χ1v) is 5.94. The minimum Gasteiger partial charge on any atom is -0.304 e. The summed E-state index contributed by atoms with van der Waals surface area (Å²) >= 11 is 1.83. The van der Waals surface area contributed by atoms with Gasteiger partial charge in [-0.05, 0) is 38.4 Å². The summed E-state index contributed by atoms with van der Waals surface area (Å²) in [5.74, 6) is 1.15. The Balaban J connectivity index is 2.59. The van der Waals surface area contributed by atoms with Crippen LogP contribution < -0.4 is 0 Å². The zero-order valence-electron chi connectivity index (χ0n) is 9.16. The summed E-state index contributed by atoms with van der Waals surface area (Å²) in [4.78, 5) is 6.71. The van der Waals surface area contributed by atoms with Gasteiger partial charge in [-0.3, -0.25) is 0 Å². The third-order valence-electron chi connectivity index (χ3n) is 1.71. The van der Waals surface area contributed by atoms with Crippen LogP contribution in [0.3, 0.4) is 0 Å². The molecule has 0 saturated heterocycles. The molecule has 0 spiro atoms. The van der Waals surface area contributed by atoms with Gasteiger partial charge in [0, 0.05) is 6.54 Å². The van der Waals surface area contributed by atoms with Crippen molar-refractivity contribution in [2.45, 2.75) is 24.9 Å². The van der Waals surface area contributed by atoms with E-state index < -0.39 is 0 Å². The van der Waals surface area contributed by atoms with Gasteiger partial charge in [-0.2, -0.15) is 0 Å². The van der Waals surface area contributed by atoms with Gasteiger partial charge >= 0.3 is 0 Å². The highest BCUT2D eigenvalue weighted by Crippen LogP contribution is 2.16. The maximum Gasteiger partial charge on any atom is 0.0963 e. The van der Waals surface area contributed by atoms with Gasteiger partial charge in [-0.15, -0.1) is 11.8 Å². The molecule has 0 aliphatic heterocycles. The lowest BCUT2D eigenvalue weighted by Crippen LogP contribution is -2.11. The van der Waals surface area contributed by atoms with E-state index in [0.29, 0.717) is 0 Å². The minimum absolute atomic E-state index is 0.917. The molecular formula is C11H18N2S. The molecular weight excluding hydrogens is 192 g/mol. The molecule has 0 fully saturated rings. The Labute approximate surface area is 90.7 Å². The van der Waals surface area contributed by atoms with Crippen LogP contribution in [-0.2, 0) is 6.54 Å². The highest BCUT2D eigenvalue weighted by molar-refractivity contribution is 7.99. The average Bonchev–Trinajstić information content (AvgIpc) is 2.14. The maximum atomic E-state index is 4.57. The van der Waals surface area contributed by atoms with Crippen LogP contribution in [0.25, 0.3) is 0 Å². The van der Waals surface area contributed by atoms with Gasteiger partial charge in [0.2, 0.25) is 0 Å². The highest BCUT2D eigenvalue weighted by Gasteiger charge is 1.99. The molecule has 0 aliphatic carbocycles. The van der Waals surface area contributed by atoms with Gasteiger partial charge in [0.25, 0.3) is 0 Å². The van der Waals surface area contributed by atoms with Gasteiger partial charge < -0.3 is 4.90 Å². The van der Waals surface area contributed by atoms with E-state index in [0.717, 1.165) is 23.0 Å². The van der Waals surface area contributed by atoms with E-state index in [9.17, 15) is 0 Å². The standard InChI is InChI=1S/C11H18N2S/c1-4-8-14-11-7-5-6-10(12-11)9-13(2)3/h5-7H,4,8-9H2,1-3H3. The molecule has 0 radical (unpaired) electrons. The van der Waals surface area contributed by atoms with E-state index in [-0.39, 0.29) is 0 Å². The van der Waals surface area contributed by atoms with Crippen LogP contribution >= 0.6 is 11.8 Å². The fraction of sp³-hybridized carbons (Fsp3) is 0.545. The van der Waals surface area contributed by atoms with Crippen molar-refractivity contribution in [2.75, 3.05) is 19.8 Å². The first-order valence-electron chi connectivity index (χ1n) is 4.96. The van der Waals surface area contributed by atoms with Crippen molar-refractivity contribution in [1.29, 1.82) is 0 Å². The Hall–Kier alpha value is -0.540. The normalized spacial score (nSPS) is 10.9. The molecule has 1 heterocycles. The van der Waals surface area contributed by atoms with Crippen molar-refractivity contribution >= 4 is 11.8 Å². The third-order valence-corrected chi connectivity index (χ3v) is 2.85. The van der Waals surface area contributed by atoms with Gasteiger partial charge in [-0.1, -0.05) is 13.0 Å². The number of hydrogen-bond acceptors (Lipinski definition) is 3. The summed E-state index contributed by atoms with van der Waals surface area (Å²) < 4.78 is 0. The van der Waals surface area contributed by atoms with Gasteiger partial charge in [0.05, 0.1) is 10.7 Å². The van der Waals surface area contributed by atoms with E-state index in [2.05, 4.69) is 49.1 Å². The fourth-order valence-electron chi connectivity index (χ4n) is 1.16. The lowest BCUT2D eigenvalue weighted by Gasteiger charge is -2.09. The van der Waals surface area contributed by atoms with E-state index in [1.54, 1.807) is 0 Å². The Morgan fingerprint density at radius 1 is 1.36 bits per heavy atom. The Morgan fingerprint density at radius 2 is 2.14 bits per heavy atom. The SMILES string of the molecule is CCCSc1cccc(CN(C)C)n1. The summed E-state index contributed by atoms with van der Waals surface area (Å²) in [5, 5.41) is 1.14. The van der Waals surface area contributed by atoms with Gasteiger partial charge in [-0.25, -0.2) is 4.98 Å². The lowest BCUT2D eigenvalue weighted by molar-refractivity contribution is 0.395. The molecule has 0 amide bonds. The zero-order chi connectivity index (χ0) is 10.4. The Morgan fingerprint density at radius 3 is 2.79 bits per heavy atom. The zero-order valence-corrected chi connectivity index (χ0v) is 9.97. The second-order valence-corrected chi connectivity index (χ2v) is 4.67. The van der Waals surface area contributed by atoms with Gasteiger partial charge in [0.15, 0.2) is 0 Å². The molecule has 14 heavy (non-hydrogen) atoms. The molecule has 1 rings (SSSR count). The molecule has 0 aromatic carbocycles. The summed E-state index contributed by atoms with van der Waals surface area (Å²) in [5.41, 5.74) is 1.15. The molecule has 1 aromatic rings. The van der Waals surface area contributed by atoms with Crippen molar-refractivity contribution in [3.05, 3.63) is 23.9 Å². The Bertz CT molecular complexity index is 274. The quantitative estimate of drug-likeness (QED) is 0.695. The van der Waals surface area contributed by atoms with Crippen LogP contribution in [0, 0.1) is 0 Å². The van der Waals surface area contributed by atoms with Crippen LogP contribution in [0.5, 0.6) is 0 Å². The second-order valence-electron chi connectivity index (χ2n) is 3.55. The predicted molar refractivity (Wildman–Crippen MR) is 62.6 cm³/mol. The van der Waals surface area contributed by atoms with Crippen molar-refractivity contribution < 1.29 is 0 Å². The van der Waals surface area contributed by atoms with E-state index in [1.807, 2.05) is 11.8 Å². The number of nitrogens with zero attached hydrogens (tertiary/aromatic N) is 2. The predicted octanol–water partition coefficient (Wildman–Crippen LogP) is 2.65. The molecule has 0 aliphatic rings. The maximum absolute atomic E-state index is 4.57. The molecule has 0 unspecified atom stereocenters. The van der Waals surface area contributed by atoms with Crippen molar-refractivity contribution in [2.24, 2.45) is 0 Å². The van der Waals surface area contributed by atoms with Crippen LogP contribution in [-0.4, -0.2) is 29.7 Å². The number of aromatic nitrogens is 1. The van der Waals surface area contributed by atoms with E-state index in [1.165, 1.54) is 6.42 Å². The number of pyridine rings is 1. The lowest BCUT2D eigenvalue weighted by atomic mass is 10.3. The van der Waals surface area contributed by atoms with E-state index >= 15 is 0 Å². The number of hydrogen-bond donors (Lipinski definition) is 0. The first kappa shape index (κ1) is 11.5. The summed E-state index contributed by atoms with van der Waals surface area (Å²) in [6.07, 6.45) is 1.20. The first-order chi connectivity index (χ1) is 6.72. The molecule has 0 atom stereocenters. The molecule has 2 nitrogen and oxygen atoms in total. The van der Waals surface area contributed by atoms with E-state index in [4.69, 9.17) is 0 Å². The van der Waals surface area contributed by atoms with Crippen LogP contribution in [0.2, 0.25) is 0 Å². The largest absolute Gasteiger partial charge is 0.304 e. The Kier molecular flexibility index (Phi) is 4.98. The molecule has 78 valence electrons. The minimum atomic E-state index is 0.917. The van der Waals surface area contributed by atoms with Crippen LogP contribution in [0.15, 0.2) is 23.2 Å². The monoisotopic (exact) mass is 210 g/mol. The summed E-state index contributed by atoms with van der Waals surface area (Å²) in [6.45, 7) is 3.11. The summed E-state index contributed by atoms with van der Waals surface area (Å²) in [6, 6.07) is 6.25. The third kappa shape index (κ3) is 4.11. The highest BCUT2D eigenvalue weighted by atomic mass is 32.2. The summed E-state index contributed by atoms with van der Waals surface area (Å²) in [7, 11) is 4.13. The van der Waals surface area contributed by atoms with Crippen LogP contribution in [0.4, 0.5) is 0 Å². The molecule has 0 N–H and O–H groups in total. The number of thioether (sulfide) groups is 1. The smallest absolute Gasteiger partial charge is 0.0963 e. The van der Waals surface area contributed by atoms with Crippen molar-refractivity contribution in [3.63, 3.8) is 0 Å². The molecule has 3 heteroatoms. The molecule has 1 aromatic heterocycles. The van der Waals surface area contributed by atoms with Crippen molar-refractivity contribution in [3.8, 4) is 0 Å². The average molecular weight is 210 g/mol. The molecule has 0 saturated carbocycles. The second kappa shape index (κ2) is 6.04. The molecule has 0 bridgehead atoms. The van der Waals surface area contributed by atoms with Crippen molar-refractivity contribution in [1.82, 2.24) is 9.88 Å². The number of rotatable bonds is 5. The fourth-order valence-corrected chi connectivity index (χ4v) is 1.93. The topological polar surface area (TPSA) is 16.1 Å². The van der Waals surface area contributed by atoms with Crippen LogP contribution in [0.1, 0.15) is 19.0 Å².